The van der Waals surface area contributed by atoms with Crippen LogP contribution in [0.4, 0.5) is 0 Å². The number of rotatable bonds is 5. The summed E-state index contributed by atoms with van der Waals surface area (Å²) in [5.41, 5.74) is 2.60. The first-order valence-electron chi connectivity index (χ1n) is 7.31. The number of carbonyl (C=O) groups excluding carboxylic acids is 1. The molecule has 0 spiro atoms. The van der Waals surface area contributed by atoms with Crippen molar-refractivity contribution in [3.63, 3.8) is 0 Å². The quantitative estimate of drug-likeness (QED) is 0.665. The zero-order valence-electron chi connectivity index (χ0n) is 13.3. The summed E-state index contributed by atoms with van der Waals surface area (Å²) in [6.07, 6.45) is 3.37. The van der Waals surface area contributed by atoms with Crippen LogP contribution in [0.25, 0.3) is 11.5 Å². The largest absolute Gasteiger partial charge is 0.411 e. The van der Waals surface area contributed by atoms with E-state index in [9.17, 15) is 4.79 Å². The van der Waals surface area contributed by atoms with Crippen LogP contribution >= 0.6 is 11.8 Å². The van der Waals surface area contributed by atoms with E-state index in [0.717, 1.165) is 11.1 Å². The van der Waals surface area contributed by atoms with E-state index in [-0.39, 0.29) is 5.91 Å². The van der Waals surface area contributed by atoms with Gasteiger partial charge >= 0.3 is 0 Å². The molecule has 0 fully saturated rings. The molecule has 0 unspecified atom stereocenters. The first-order valence-corrected chi connectivity index (χ1v) is 8.29. The lowest BCUT2D eigenvalue weighted by molar-refractivity contribution is 0.0827. The van der Waals surface area contributed by atoms with Gasteiger partial charge in [-0.25, -0.2) is 0 Å². The van der Waals surface area contributed by atoms with E-state index in [1.807, 2.05) is 36.4 Å². The Balaban J connectivity index is 1.62. The second kappa shape index (κ2) is 7.27. The molecule has 6 nitrogen and oxygen atoms in total. The number of hydrogen-bond donors (Lipinski definition) is 0. The lowest BCUT2D eigenvalue weighted by Gasteiger charge is -2.10. The lowest BCUT2D eigenvalue weighted by atomic mass is 10.1. The van der Waals surface area contributed by atoms with Crippen LogP contribution in [0.3, 0.4) is 0 Å². The maximum Gasteiger partial charge on any atom is 0.277 e. The second-order valence-electron chi connectivity index (χ2n) is 5.29. The Morgan fingerprint density at radius 3 is 2.46 bits per heavy atom. The minimum atomic E-state index is -0.00639. The Labute approximate surface area is 143 Å². The summed E-state index contributed by atoms with van der Waals surface area (Å²) in [4.78, 5) is 17.4. The number of carbonyl (C=O) groups is 1. The van der Waals surface area contributed by atoms with E-state index in [2.05, 4.69) is 15.2 Å². The Morgan fingerprint density at radius 1 is 1.08 bits per heavy atom. The third-order valence-corrected chi connectivity index (χ3v) is 4.19. The van der Waals surface area contributed by atoms with Crippen LogP contribution in [0, 0.1) is 0 Å². The molecule has 0 bridgehead atoms. The fourth-order valence-corrected chi connectivity index (χ4v) is 2.75. The summed E-state index contributed by atoms with van der Waals surface area (Å²) >= 11 is 1.46. The minimum Gasteiger partial charge on any atom is -0.411 e. The molecule has 0 saturated heterocycles. The molecule has 2 heterocycles. The number of nitrogens with zero attached hydrogens (tertiary/aromatic N) is 4. The van der Waals surface area contributed by atoms with Crippen molar-refractivity contribution in [2.45, 2.75) is 11.0 Å². The van der Waals surface area contributed by atoms with Gasteiger partial charge in [0.15, 0.2) is 0 Å². The number of thioether (sulfide) groups is 1. The summed E-state index contributed by atoms with van der Waals surface area (Å²) in [6, 6.07) is 11.2. The van der Waals surface area contributed by atoms with Crippen LogP contribution < -0.4 is 0 Å². The van der Waals surface area contributed by atoms with Gasteiger partial charge in [-0.15, -0.1) is 10.2 Å². The van der Waals surface area contributed by atoms with Crippen LogP contribution in [0.2, 0.25) is 0 Å². The third kappa shape index (κ3) is 3.80. The Bertz CT molecular complexity index is 816. The van der Waals surface area contributed by atoms with Crippen LogP contribution in [0.15, 0.2) is 58.4 Å². The van der Waals surface area contributed by atoms with E-state index >= 15 is 0 Å². The van der Waals surface area contributed by atoms with Gasteiger partial charge in [0.1, 0.15) is 0 Å². The van der Waals surface area contributed by atoms with Crippen molar-refractivity contribution >= 4 is 17.7 Å². The fourth-order valence-electron chi connectivity index (χ4n) is 2.03. The molecular weight excluding hydrogens is 324 g/mol. The zero-order chi connectivity index (χ0) is 16.9. The van der Waals surface area contributed by atoms with E-state index < -0.39 is 0 Å². The van der Waals surface area contributed by atoms with Crippen molar-refractivity contribution in [2.75, 3.05) is 14.1 Å². The predicted octanol–water partition coefficient (Wildman–Crippen LogP) is 3.13. The van der Waals surface area contributed by atoms with Gasteiger partial charge in [-0.3, -0.25) is 9.78 Å². The maximum absolute atomic E-state index is 11.9. The molecule has 24 heavy (non-hydrogen) atoms. The average molecular weight is 340 g/mol. The molecule has 3 aromatic rings. The molecule has 0 aliphatic rings. The molecule has 0 aliphatic heterocycles. The van der Waals surface area contributed by atoms with Crippen molar-refractivity contribution in [1.82, 2.24) is 20.1 Å². The number of hydrogen-bond acceptors (Lipinski definition) is 6. The van der Waals surface area contributed by atoms with E-state index in [1.165, 1.54) is 11.8 Å². The van der Waals surface area contributed by atoms with Crippen LogP contribution in [-0.4, -0.2) is 40.1 Å². The Kier molecular flexibility index (Phi) is 4.90. The average Bonchev–Trinajstić information content (AvgIpc) is 3.09. The molecule has 7 heteroatoms. The van der Waals surface area contributed by atoms with Gasteiger partial charge in [0.05, 0.1) is 0 Å². The lowest BCUT2D eigenvalue weighted by Crippen LogP contribution is -2.21. The SMILES string of the molecule is CN(C)C(=O)c1ccc(CSc2nnc(-c3ccncc3)o2)cc1. The first-order chi connectivity index (χ1) is 11.6. The van der Waals surface area contributed by atoms with Gasteiger partial charge in [-0.2, -0.15) is 0 Å². The van der Waals surface area contributed by atoms with Crippen molar-refractivity contribution in [3.05, 3.63) is 59.9 Å². The van der Waals surface area contributed by atoms with Gasteiger partial charge in [0.25, 0.3) is 11.1 Å². The fraction of sp³-hybridized carbons (Fsp3) is 0.176. The number of benzene rings is 1. The summed E-state index contributed by atoms with van der Waals surface area (Å²) < 4.78 is 5.64. The van der Waals surface area contributed by atoms with Crippen LogP contribution in [0.1, 0.15) is 15.9 Å². The predicted molar refractivity (Wildman–Crippen MR) is 91.5 cm³/mol. The van der Waals surface area contributed by atoms with Crippen molar-refractivity contribution in [2.24, 2.45) is 0 Å². The molecule has 0 atom stereocenters. The highest BCUT2D eigenvalue weighted by Crippen LogP contribution is 2.25. The third-order valence-electron chi connectivity index (χ3n) is 3.30. The summed E-state index contributed by atoms with van der Waals surface area (Å²) in [5.74, 6) is 1.16. The standard InChI is InChI=1S/C17H16N4O2S/c1-21(2)16(22)14-5-3-12(4-6-14)11-24-17-20-19-15(23-17)13-7-9-18-10-8-13/h3-10H,11H2,1-2H3. The van der Waals surface area contributed by atoms with Crippen LogP contribution in [0.5, 0.6) is 0 Å². The van der Waals surface area contributed by atoms with Crippen molar-refractivity contribution in [1.29, 1.82) is 0 Å². The zero-order valence-corrected chi connectivity index (χ0v) is 14.2. The topological polar surface area (TPSA) is 72.1 Å². The smallest absolute Gasteiger partial charge is 0.277 e. The highest BCUT2D eigenvalue weighted by molar-refractivity contribution is 7.98. The summed E-state index contributed by atoms with van der Waals surface area (Å²) in [5, 5.41) is 8.59. The molecule has 122 valence electrons. The monoisotopic (exact) mass is 340 g/mol. The normalized spacial score (nSPS) is 10.6. The maximum atomic E-state index is 11.9. The summed E-state index contributed by atoms with van der Waals surface area (Å²) in [6.45, 7) is 0. The highest BCUT2D eigenvalue weighted by Gasteiger charge is 2.10. The molecule has 1 aromatic carbocycles. The molecule has 0 N–H and O–H groups in total. The second-order valence-corrected chi connectivity index (χ2v) is 6.22. The molecule has 0 saturated carbocycles. The van der Waals surface area contributed by atoms with E-state index in [0.29, 0.717) is 22.4 Å². The molecule has 0 radical (unpaired) electrons. The highest BCUT2D eigenvalue weighted by atomic mass is 32.2. The van der Waals surface area contributed by atoms with Gasteiger partial charge < -0.3 is 9.32 Å². The molecule has 0 aliphatic carbocycles. The number of pyridine rings is 1. The number of amides is 1. The van der Waals surface area contributed by atoms with Gasteiger partial charge in [0.2, 0.25) is 5.89 Å². The van der Waals surface area contributed by atoms with Gasteiger partial charge in [0, 0.05) is 43.4 Å². The Morgan fingerprint density at radius 2 is 1.79 bits per heavy atom. The van der Waals surface area contributed by atoms with E-state index in [4.69, 9.17) is 4.42 Å². The van der Waals surface area contributed by atoms with Crippen LogP contribution in [-0.2, 0) is 5.75 Å². The minimum absolute atomic E-state index is 0.00639. The van der Waals surface area contributed by atoms with Crippen molar-refractivity contribution < 1.29 is 9.21 Å². The Hall–Kier alpha value is -2.67. The van der Waals surface area contributed by atoms with Gasteiger partial charge in [-0.1, -0.05) is 23.9 Å². The number of aromatic nitrogens is 3. The summed E-state index contributed by atoms with van der Waals surface area (Å²) in [7, 11) is 3.48. The molecular formula is C17H16N4O2S. The van der Waals surface area contributed by atoms with Gasteiger partial charge in [-0.05, 0) is 29.8 Å². The van der Waals surface area contributed by atoms with E-state index in [1.54, 1.807) is 31.4 Å². The molecule has 3 rings (SSSR count). The first kappa shape index (κ1) is 16.2. The van der Waals surface area contributed by atoms with Crippen molar-refractivity contribution in [3.8, 4) is 11.5 Å². The molecule has 2 aromatic heterocycles. The molecule has 1 amide bonds.